The zero-order chi connectivity index (χ0) is 10.9. The first-order valence-corrected chi connectivity index (χ1v) is 5.61. The van der Waals surface area contributed by atoms with Gasteiger partial charge >= 0.3 is 6.09 Å². The first-order chi connectivity index (χ1) is 6.31. The monoisotopic (exact) mass is 221 g/mol. The van der Waals surface area contributed by atoms with E-state index in [1.807, 2.05) is 0 Å². The van der Waals surface area contributed by atoms with Gasteiger partial charge in [0.1, 0.15) is 5.60 Å². The molecule has 0 radical (unpaired) electrons. The molecule has 0 heterocycles. The number of carbonyl (C=O) groups is 1. The molecule has 0 atom stereocenters. The zero-order valence-electron chi connectivity index (χ0n) is 8.52. The van der Waals surface area contributed by atoms with Crippen LogP contribution in [0.4, 0.5) is 4.79 Å². The number of hydrogen-bond donors (Lipinski definition) is 1. The second-order valence-corrected chi connectivity index (χ2v) is 5.20. The van der Waals surface area contributed by atoms with Crippen LogP contribution in [0.25, 0.3) is 0 Å². The molecular formula is C8H15NO4S. The van der Waals surface area contributed by atoms with Crippen molar-refractivity contribution in [3.8, 4) is 0 Å². The van der Waals surface area contributed by atoms with Gasteiger partial charge in [-0.15, -0.1) is 0 Å². The highest BCUT2D eigenvalue weighted by Gasteiger charge is 2.37. The minimum Gasteiger partial charge on any atom is -0.443 e. The number of amides is 1. The number of nitrogens with zero attached hydrogens (tertiary/aromatic N) is 1. The molecule has 1 saturated carbocycles. The van der Waals surface area contributed by atoms with E-state index in [-0.39, 0.29) is 6.04 Å². The number of ether oxygens (including phenoxy) is 1. The van der Waals surface area contributed by atoms with Gasteiger partial charge in [0, 0.05) is 0 Å². The van der Waals surface area contributed by atoms with Gasteiger partial charge in [-0.1, -0.05) is 0 Å². The zero-order valence-corrected chi connectivity index (χ0v) is 9.41. The SMILES string of the molecule is CC(C)(C)OC(=O)N(C1CC1)[SH](=O)=O. The lowest BCUT2D eigenvalue weighted by molar-refractivity contribution is 0.0387. The van der Waals surface area contributed by atoms with Crippen LogP contribution in [-0.4, -0.2) is 30.5 Å². The topological polar surface area (TPSA) is 63.7 Å². The Morgan fingerprint density at radius 2 is 1.86 bits per heavy atom. The molecule has 0 N–H and O–H groups in total. The van der Waals surface area contributed by atoms with Crippen LogP contribution in [0.15, 0.2) is 0 Å². The van der Waals surface area contributed by atoms with Crippen molar-refractivity contribution >= 4 is 17.0 Å². The fourth-order valence-electron chi connectivity index (χ4n) is 0.977. The van der Waals surface area contributed by atoms with E-state index in [4.69, 9.17) is 4.74 Å². The molecule has 0 aromatic rings. The first kappa shape index (κ1) is 11.3. The van der Waals surface area contributed by atoms with Gasteiger partial charge < -0.3 is 4.74 Å². The highest BCUT2D eigenvalue weighted by atomic mass is 32.2. The van der Waals surface area contributed by atoms with Crippen molar-refractivity contribution in [3.63, 3.8) is 0 Å². The average molecular weight is 221 g/mol. The molecule has 0 unspecified atom stereocenters. The fraction of sp³-hybridized carbons (Fsp3) is 0.875. The molecule has 0 saturated heterocycles. The molecule has 0 aromatic carbocycles. The van der Waals surface area contributed by atoms with Crippen LogP contribution in [-0.2, 0) is 15.6 Å². The Bertz CT molecular complexity index is 293. The molecule has 14 heavy (non-hydrogen) atoms. The molecule has 1 fully saturated rings. The highest BCUT2D eigenvalue weighted by Crippen LogP contribution is 2.28. The number of carbonyl (C=O) groups excluding carboxylic acids is 1. The lowest BCUT2D eigenvalue weighted by Crippen LogP contribution is -2.37. The van der Waals surface area contributed by atoms with E-state index in [1.165, 1.54) is 0 Å². The molecule has 5 nitrogen and oxygen atoms in total. The van der Waals surface area contributed by atoms with E-state index in [0.717, 1.165) is 17.1 Å². The molecule has 1 rings (SSSR count). The van der Waals surface area contributed by atoms with E-state index >= 15 is 0 Å². The normalized spacial score (nSPS) is 16.9. The highest BCUT2D eigenvalue weighted by molar-refractivity contribution is 7.70. The van der Waals surface area contributed by atoms with Crippen LogP contribution in [0.2, 0.25) is 0 Å². The lowest BCUT2D eigenvalue weighted by Gasteiger charge is -2.23. The maximum Gasteiger partial charge on any atom is 0.424 e. The Morgan fingerprint density at radius 1 is 1.36 bits per heavy atom. The second kappa shape index (κ2) is 3.76. The summed E-state index contributed by atoms with van der Waals surface area (Å²) in [5, 5.41) is 0. The molecule has 0 aliphatic heterocycles. The third-order valence-corrected chi connectivity index (χ3v) is 2.49. The van der Waals surface area contributed by atoms with Crippen LogP contribution < -0.4 is 0 Å². The maximum absolute atomic E-state index is 11.4. The molecule has 6 heteroatoms. The quantitative estimate of drug-likeness (QED) is 0.704. The summed E-state index contributed by atoms with van der Waals surface area (Å²) in [4.78, 5) is 11.4. The Balaban J connectivity index is 2.65. The van der Waals surface area contributed by atoms with Gasteiger partial charge in [0.2, 0.25) is 10.9 Å². The third-order valence-electron chi connectivity index (χ3n) is 1.65. The van der Waals surface area contributed by atoms with Gasteiger partial charge in [-0.25, -0.2) is 17.5 Å². The van der Waals surface area contributed by atoms with E-state index in [2.05, 4.69) is 0 Å². The molecule has 82 valence electrons. The van der Waals surface area contributed by atoms with E-state index in [0.29, 0.717) is 0 Å². The first-order valence-electron chi connectivity index (χ1n) is 4.48. The summed E-state index contributed by atoms with van der Waals surface area (Å²) >= 11 is 0. The summed E-state index contributed by atoms with van der Waals surface area (Å²) in [6.45, 7) is 5.11. The molecule has 1 amide bonds. The van der Waals surface area contributed by atoms with Gasteiger partial charge in [-0.3, -0.25) is 0 Å². The van der Waals surface area contributed by atoms with Gasteiger partial charge in [-0.2, -0.15) is 0 Å². The standard InChI is InChI=1S/C8H15NO4S/c1-8(2,3)13-7(10)9(14(11)12)6-4-5-6/h6,14H,4-5H2,1-3H3. The Labute approximate surface area is 85.1 Å². The van der Waals surface area contributed by atoms with Crippen molar-refractivity contribution < 1.29 is 17.9 Å². The Hall–Kier alpha value is -0.780. The summed E-state index contributed by atoms with van der Waals surface area (Å²) in [7, 11) is -2.87. The van der Waals surface area contributed by atoms with E-state index in [9.17, 15) is 13.2 Å². The van der Waals surface area contributed by atoms with Gasteiger partial charge in [0.05, 0.1) is 6.04 Å². The van der Waals surface area contributed by atoms with Crippen molar-refractivity contribution in [2.24, 2.45) is 0 Å². The van der Waals surface area contributed by atoms with Crippen molar-refractivity contribution in [3.05, 3.63) is 0 Å². The Morgan fingerprint density at radius 3 is 2.14 bits per heavy atom. The molecular weight excluding hydrogens is 206 g/mol. The molecule has 0 aromatic heterocycles. The average Bonchev–Trinajstić information content (AvgIpc) is 2.65. The predicted molar refractivity (Wildman–Crippen MR) is 51.4 cm³/mol. The lowest BCUT2D eigenvalue weighted by atomic mass is 10.2. The smallest absolute Gasteiger partial charge is 0.424 e. The summed E-state index contributed by atoms with van der Waals surface area (Å²) in [5.74, 6) is 0. The largest absolute Gasteiger partial charge is 0.443 e. The van der Waals surface area contributed by atoms with Gasteiger partial charge in [0.25, 0.3) is 0 Å². The van der Waals surface area contributed by atoms with Gasteiger partial charge in [-0.05, 0) is 33.6 Å². The van der Waals surface area contributed by atoms with Crippen LogP contribution in [0.5, 0.6) is 0 Å². The molecule has 1 aliphatic carbocycles. The van der Waals surface area contributed by atoms with Crippen molar-refractivity contribution in [2.75, 3.05) is 0 Å². The predicted octanol–water partition coefficient (Wildman–Crippen LogP) is 0.912. The summed E-state index contributed by atoms with van der Waals surface area (Å²) in [6.07, 6.45) is 0.710. The maximum atomic E-state index is 11.4. The van der Waals surface area contributed by atoms with Crippen LogP contribution in [0, 0.1) is 0 Å². The van der Waals surface area contributed by atoms with Gasteiger partial charge in [0.15, 0.2) is 0 Å². The minimum atomic E-state index is -2.87. The van der Waals surface area contributed by atoms with E-state index in [1.54, 1.807) is 20.8 Å². The summed E-state index contributed by atoms with van der Waals surface area (Å²) in [5.41, 5.74) is -0.657. The molecule has 1 aliphatic rings. The number of rotatable bonds is 2. The fourth-order valence-corrected chi connectivity index (χ4v) is 1.65. The van der Waals surface area contributed by atoms with Crippen LogP contribution in [0.1, 0.15) is 33.6 Å². The van der Waals surface area contributed by atoms with Crippen molar-refractivity contribution in [1.82, 2.24) is 4.31 Å². The Kier molecular flexibility index (Phi) is 3.04. The van der Waals surface area contributed by atoms with Crippen LogP contribution >= 0.6 is 0 Å². The third kappa shape index (κ3) is 3.17. The number of hydrogen-bond acceptors (Lipinski definition) is 4. The summed E-state index contributed by atoms with van der Waals surface area (Å²) in [6, 6.07) is -0.175. The molecule has 0 spiro atoms. The van der Waals surface area contributed by atoms with Crippen molar-refractivity contribution in [1.29, 1.82) is 0 Å². The summed E-state index contributed by atoms with van der Waals surface area (Å²) < 4.78 is 27.3. The second-order valence-electron chi connectivity index (χ2n) is 4.29. The van der Waals surface area contributed by atoms with Crippen molar-refractivity contribution in [2.45, 2.75) is 45.3 Å². The van der Waals surface area contributed by atoms with Crippen LogP contribution in [0.3, 0.4) is 0 Å². The number of thiol groups is 1. The van der Waals surface area contributed by atoms with E-state index < -0.39 is 22.6 Å². The molecule has 0 bridgehead atoms. The minimum absolute atomic E-state index is 0.175.